The van der Waals surface area contributed by atoms with Crippen LogP contribution in [0, 0.1) is 0 Å². The first-order valence-electron chi connectivity index (χ1n) is 8.48. The summed E-state index contributed by atoms with van der Waals surface area (Å²) in [6.07, 6.45) is 3.89. The van der Waals surface area contributed by atoms with Gasteiger partial charge in [0.15, 0.2) is 5.60 Å². The molecule has 3 N–H and O–H groups in total. The fraction of sp³-hybridized carbons (Fsp3) is 0.368. The van der Waals surface area contributed by atoms with Crippen molar-refractivity contribution in [2.45, 2.75) is 45.1 Å². The van der Waals surface area contributed by atoms with Gasteiger partial charge >= 0.3 is 0 Å². The van der Waals surface area contributed by atoms with Crippen LogP contribution in [0.1, 0.15) is 47.5 Å². The highest BCUT2D eigenvalue weighted by atomic mass is 79.9. The molecule has 1 aromatic heterocycles. The molecule has 0 saturated carbocycles. The molecule has 0 fully saturated rings. The van der Waals surface area contributed by atoms with Crippen molar-refractivity contribution in [2.75, 3.05) is 5.32 Å². The highest BCUT2D eigenvalue weighted by Crippen LogP contribution is 2.38. The van der Waals surface area contributed by atoms with Gasteiger partial charge in [-0.2, -0.15) is 0 Å². The van der Waals surface area contributed by atoms with Crippen LogP contribution < -0.4 is 15.8 Å². The molecule has 7 heteroatoms. The van der Waals surface area contributed by atoms with E-state index >= 15 is 0 Å². The molecule has 1 aromatic carbocycles. The van der Waals surface area contributed by atoms with Gasteiger partial charge in [-0.15, -0.1) is 11.3 Å². The molecule has 2 aromatic rings. The number of primary amides is 1. The van der Waals surface area contributed by atoms with Crippen LogP contribution in [0.4, 0.5) is 5.00 Å². The molecule has 0 saturated heterocycles. The maximum absolute atomic E-state index is 12.8. The third-order valence-electron chi connectivity index (χ3n) is 4.38. The fourth-order valence-electron chi connectivity index (χ4n) is 3.01. The average Bonchev–Trinajstić information content (AvgIpc) is 2.94. The minimum absolute atomic E-state index is 0.318. The Hall–Kier alpha value is -1.86. The second kappa shape index (κ2) is 7.40. The van der Waals surface area contributed by atoms with E-state index in [-0.39, 0.29) is 5.91 Å². The quantitative estimate of drug-likeness (QED) is 0.733. The lowest BCUT2D eigenvalue weighted by molar-refractivity contribution is -0.128. The van der Waals surface area contributed by atoms with Crippen LogP contribution in [0.3, 0.4) is 0 Å². The molecule has 1 aliphatic carbocycles. The summed E-state index contributed by atoms with van der Waals surface area (Å²) in [5, 5.41) is 3.40. The number of carbonyl (C=O) groups excluding carboxylic acids is 2. The number of rotatable bonds is 5. The molecule has 0 aliphatic heterocycles. The Morgan fingerprint density at radius 2 is 1.85 bits per heavy atom. The lowest BCUT2D eigenvalue weighted by Gasteiger charge is -2.25. The number of carbonyl (C=O) groups is 2. The first-order chi connectivity index (χ1) is 12.3. The van der Waals surface area contributed by atoms with Gasteiger partial charge in [-0.3, -0.25) is 9.59 Å². The van der Waals surface area contributed by atoms with Crippen molar-refractivity contribution < 1.29 is 14.3 Å². The molecule has 2 amide bonds. The molecule has 0 unspecified atom stereocenters. The monoisotopic (exact) mass is 436 g/mol. The molecule has 5 nitrogen and oxygen atoms in total. The molecule has 1 heterocycles. The van der Waals surface area contributed by atoms with Gasteiger partial charge in [0, 0.05) is 9.35 Å². The zero-order chi connectivity index (χ0) is 18.9. The summed E-state index contributed by atoms with van der Waals surface area (Å²) < 4.78 is 6.78. The highest BCUT2D eigenvalue weighted by Gasteiger charge is 2.33. The van der Waals surface area contributed by atoms with Crippen molar-refractivity contribution in [3.05, 3.63) is 44.7 Å². The number of thiophene rings is 1. The molecule has 138 valence electrons. The fourth-order valence-corrected chi connectivity index (χ4v) is 4.57. The minimum atomic E-state index is -1.10. The number of benzene rings is 1. The number of hydrogen-bond donors (Lipinski definition) is 2. The van der Waals surface area contributed by atoms with E-state index in [1.807, 2.05) is 12.1 Å². The minimum Gasteiger partial charge on any atom is -0.478 e. The number of nitrogens with one attached hydrogen (secondary N) is 1. The molecule has 0 radical (unpaired) electrons. The second-order valence-corrected chi connectivity index (χ2v) is 8.82. The van der Waals surface area contributed by atoms with Crippen molar-refractivity contribution in [3.8, 4) is 5.75 Å². The number of nitrogens with two attached hydrogens (primary N) is 1. The van der Waals surface area contributed by atoms with E-state index in [2.05, 4.69) is 21.2 Å². The summed E-state index contributed by atoms with van der Waals surface area (Å²) in [5.74, 6) is -0.221. The second-order valence-electron chi connectivity index (χ2n) is 6.80. The van der Waals surface area contributed by atoms with E-state index in [1.54, 1.807) is 26.0 Å². The van der Waals surface area contributed by atoms with Crippen LogP contribution >= 0.6 is 27.3 Å². The Labute approximate surface area is 165 Å². The van der Waals surface area contributed by atoms with Gasteiger partial charge in [0.2, 0.25) is 0 Å². The van der Waals surface area contributed by atoms with Gasteiger partial charge in [-0.25, -0.2) is 0 Å². The first kappa shape index (κ1) is 18.9. The van der Waals surface area contributed by atoms with Crippen LogP contribution in [0.5, 0.6) is 5.75 Å². The summed E-state index contributed by atoms with van der Waals surface area (Å²) in [4.78, 5) is 25.9. The lowest BCUT2D eigenvalue weighted by atomic mass is 9.95. The molecule has 0 bridgehead atoms. The maximum Gasteiger partial charge on any atom is 0.268 e. The number of ether oxygens (including phenoxy) is 1. The van der Waals surface area contributed by atoms with Crippen LogP contribution in [-0.2, 0) is 17.6 Å². The van der Waals surface area contributed by atoms with Crippen LogP contribution in [0.2, 0.25) is 0 Å². The van der Waals surface area contributed by atoms with E-state index < -0.39 is 11.5 Å². The van der Waals surface area contributed by atoms with Gasteiger partial charge in [0.05, 0.1) is 5.56 Å². The van der Waals surface area contributed by atoms with Gasteiger partial charge in [0.1, 0.15) is 10.8 Å². The van der Waals surface area contributed by atoms with Crippen molar-refractivity contribution in [3.63, 3.8) is 0 Å². The zero-order valence-corrected chi connectivity index (χ0v) is 17.1. The molecule has 1 aliphatic rings. The summed E-state index contributed by atoms with van der Waals surface area (Å²) in [6.45, 7) is 3.39. The number of hydrogen-bond acceptors (Lipinski definition) is 4. The normalized spacial score (nSPS) is 13.8. The Morgan fingerprint density at radius 1 is 1.19 bits per heavy atom. The van der Waals surface area contributed by atoms with Crippen LogP contribution in [-0.4, -0.2) is 17.4 Å². The lowest BCUT2D eigenvalue weighted by Crippen LogP contribution is -2.42. The molecule has 26 heavy (non-hydrogen) atoms. The predicted molar refractivity (Wildman–Crippen MR) is 107 cm³/mol. The molecule has 3 rings (SSSR count). The van der Waals surface area contributed by atoms with Gasteiger partial charge in [0.25, 0.3) is 11.8 Å². The summed E-state index contributed by atoms with van der Waals surface area (Å²) in [6, 6.07) is 7.28. The Morgan fingerprint density at radius 3 is 2.50 bits per heavy atom. The first-order valence-corrected chi connectivity index (χ1v) is 10.1. The molecule has 0 atom stereocenters. The number of amides is 2. The van der Waals surface area contributed by atoms with Crippen molar-refractivity contribution in [2.24, 2.45) is 5.73 Å². The van der Waals surface area contributed by atoms with E-state index in [0.29, 0.717) is 16.3 Å². The SMILES string of the molecule is CC(C)(Oc1ccc(Br)cc1)C(=O)Nc1sc2c(c1C(N)=O)CCCC2. The third kappa shape index (κ3) is 3.94. The van der Waals surface area contributed by atoms with Crippen molar-refractivity contribution in [1.29, 1.82) is 0 Å². The number of aryl methyl sites for hydroxylation is 1. The highest BCUT2D eigenvalue weighted by molar-refractivity contribution is 9.10. The predicted octanol–water partition coefficient (Wildman–Crippen LogP) is 4.28. The average molecular weight is 437 g/mol. The van der Waals surface area contributed by atoms with E-state index in [1.165, 1.54) is 11.3 Å². The Bertz CT molecular complexity index is 843. The smallest absolute Gasteiger partial charge is 0.268 e. The molecular weight excluding hydrogens is 416 g/mol. The van der Waals surface area contributed by atoms with Gasteiger partial charge < -0.3 is 15.8 Å². The molecular formula is C19H21BrN2O3S. The number of halogens is 1. The van der Waals surface area contributed by atoms with Gasteiger partial charge in [-0.05, 0) is 69.4 Å². The van der Waals surface area contributed by atoms with Crippen LogP contribution in [0.15, 0.2) is 28.7 Å². The zero-order valence-electron chi connectivity index (χ0n) is 14.7. The standard InChI is InChI=1S/C19H21BrN2O3S/c1-19(2,25-12-9-7-11(20)8-10-12)18(24)22-17-15(16(21)23)13-5-3-4-6-14(13)26-17/h7-10H,3-6H2,1-2H3,(H2,21,23)(H,22,24). The topological polar surface area (TPSA) is 81.4 Å². The van der Waals surface area contributed by atoms with E-state index in [9.17, 15) is 9.59 Å². The number of anilines is 1. The maximum atomic E-state index is 12.8. The Balaban J connectivity index is 1.81. The summed E-state index contributed by atoms with van der Waals surface area (Å²) in [5.41, 5.74) is 5.93. The van der Waals surface area contributed by atoms with E-state index in [0.717, 1.165) is 40.6 Å². The van der Waals surface area contributed by atoms with Crippen molar-refractivity contribution in [1.82, 2.24) is 0 Å². The van der Waals surface area contributed by atoms with Crippen molar-refractivity contribution >= 4 is 44.1 Å². The molecule has 0 spiro atoms. The summed E-state index contributed by atoms with van der Waals surface area (Å²) >= 11 is 4.82. The largest absolute Gasteiger partial charge is 0.478 e. The summed E-state index contributed by atoms with van der Waals surface area (Å²) in [7, 11) is 0. The van der Waals surface area contributed by atoms with E-state index in [4.69, 9.17) is 10.5 Å². The third-order valence-corrected chi connectivity index (χ3v) is 6.11. The Kier molecular flexibility index (Phi) is 5.39. The van der Waals surface area contributed by atoms with Gasteiger partial charge in [-0.1, -0.05) is 15.9 Å². The number of fused-ring (bicyclic) bond motifs is 1. The van der Waals surface area contributed by atoms with Crippen LogP contribution in [0.25, 0.3) is 0 Å².